The summed E-state index contributed by atoms with van der Waals surface area (Å²) in [4.78, 5) is 35.8. The first-order chi connectivity index (χ1) is 20.2. The van der Waals surface area contributed by atoms with Crippen LogP contribution in [0.25, 0.3) is 10.8 Å². The Balaban J connectivity index is 1.43. The summed E-state index contributed by atoms with van der Waals surface area (Å²) in [7, 11) is 0. The van der Waals surface area contributed by atoms with Gasteiger partial charge in [0.2, 0.25) is 0 Å². The van der Waals surface area contributed by atoms with E-state index in [2.05, 4.69) is 41.7 Å². The molecular weight excluding hydrogens is 558 g/mol. The van der Waals surface area contributed by atoms with Crippen LogP contribution in [0.4, 0.5) is 0 Å². The molecule has 226 valence electrons. The third-order valence-electron chi connectivity index (χ3n) is 7.06. The summed E-state index contributed by atoms with van der Waals surface area (Å²) < 4.78 is 10.7. The molecule has 0 fully saturated rings. The van der Waals surface area contributed by atoms with Crippen molar-refractivity contribution in [2.24, 2.45) is 0 Å². The Morgan fingerprint density at radius 2 is 1.45 bits per heavy atom. The molecule has 3 N–H and O–H groups in total. The van der Waals surface area contributed by atoms with Crippen LogP contribution in [0.2, 0.25) is 5.02 Å². The molecule has 2 unspecified atom stereocenters. The van der Waals surface area contributed by atoms with Gasteiger partial charge in [0.15, 0.2) is 12.2 Å². The predicted octanol–water partition coefficient (Wildman–Crippen LogP) is 5.98. The second kappa shape index (κ2) is 17.5. The van der Waals surface area contributed by atoms with Gasteiger partial charge in [0.25, 0.3) is 5.91 Å². The van der Waals surface area contributed by atoms with Crippen LogP contribution in [0, 0.1) is 6.92 Å². The molecule has 0 aliphatic heterocycles. The van der Waals surface area contributed by atoms with Gasteiger partial charge in [0.05, 0.1) is 0 Å². The fourth-order valence-electron chi connectivity index (χ4n) is 4.70. The highest BCUT2D eigenvalue weighted by molar-refractivity contribution is 6.31. The molecule has 1 amide bonds. The number of rotatable bonds is 19. The summed E-state index contributed by atoms with van der Waals surface area (Å²) in [6, 6.07) is 20.6. The van der Waals surface area contributed by atoms with Gasteiger partial charge in [0, 0.05) is 18.2 Å². The number of carbonyl (C=O) groups is 3. The van der Waals surface area contributed by atoms with E-state index in [0.717, 1.165) is 54.7 Å². The van der Waals surface area contributed by atoms with Crippen molar-refractivity contribution in [2.75, 3.05) is 19.8 Å². The summed E-state index contributed by atoms with van der Waals surface area (Å²) in [6.45, 7) is 1.60. The zero-order valence-electron chi connectivity index (χ0n) is 24.0. The summed E-state index contributed by atoms with van der Waals surface area (Å²) in [6.07, 6.45) is 3.37. The third-order valence-corrected chi connectivity index (χ3v) is 7.47. The average Bonchev–Trinajstić information content (AvgIpc) is 2.96. The van der Waals surface area contributed by atoms with E-state index in [0.29, 0.717) is 19.4 Å². The molecule has 2 atom stereocenters. The Morgan fingerprint density at radius 3 is 2.14 bits per heavy atom. The highest BCUT2D eigenvalue weighted by Crippen LogP contribution is 2.19. The van der Waals surface area contributed by atoms with Gasteiger partial charge in [-0.3, -0.25) is 4.79 Å². The van der Waals surface area contributed by atoms with Gasteiger partial charge in [-0.15, -0.1) is 0 Å². The SMILES string of the molecule is Cc1ccc(CCCCCNC(=O)C(OCCCCCc2ccc3ccccc3c2)C(OCC(=O)O)C(=O)O)cc1Cl. The number of halogens is 1. The summed E-state index contributed by atoms with van der Waals surface area (Å²) in [5.41, 5.74) is 3.43. The largest absolute Gasteiger partial charge is 0.480 e. The smallest absolute Gasteiger partial charge is 0.336 e. The van der Waals surface area contributed by atoms with Gasteiger partial charge in [0.1, 0.15) is 6.61 Å². The van der Waals surface area contributed by atoms with Crippen LogP contribution in [0.1, 0.15) is 55.2 Å². The second-order valence-corrected chi connectivity index (χ2v) is 10.8. The molecule has 8 nitrogen and oxygen atoms in total. The Hall–Kier alpha value is -3.46. The molecule has 3 aromatic carbocycles. The molecule has 0 saturated heterocycles. The monoisotopic (exact) mass is 597 g/mol. The number of amides is 1. The second-order valence-electron chi connectivity index (χ2n) is 10.4. The van der Waals surface area contributed by atoms with Crippen molar-refractivity contribution in [1.29, 1.82) is 0 Å². The van der Waals surface area contributed by atoms with E-state index in [4.69, 9.17) is 26.2 Å². The zero-order chi connectivity index (χ0) is 30.3. The quantitative estimate of drug-likeness (QED) is 0.145. The molecule has 42 heavy (non-hydrogen) atoms. The zero-order valence-corrected chi connectivity index (χ0v) is 24.8. The number of hydrogen-bond acceptors (Lipinski definition) is 5. The molecule has 3 aromatic rings. The van der Waals surface area contributed by atoms with E-state index in [1.165, 1.54) is 16.3 Å². The summed E-state index contributed by atoms with van der Waals surface area (Å²) in [5.74, 6) is -3.41. The Bertz CT molecular complexity index is 1330. The first-order valence-corrected chi connectivity index (χ1v) is 14.8. The molecule has 0 aromatic heterocycles. The lowest BCUT2D eigenvalue weighted by molar-refractivity contribution is -0.172. The minimum atomic E-state index is -1.73. The van der Waals surface area contributed by atoms with Crippen LogP contribution in [-0.2, 0) is 36.7 Å². The lowest BCUT2D eigenvalue weighted by Gasteiger charge is -2.23. The Morgan fingerprint density at radius 1 is 0.786 bits per heavy atom. The molecule has 0 saturated carbocycles. The lowest BCUT2D eigenvalue weighted by Crippen LogP contribution is -2.49. The van der Waals surface area contributed by atoms with E-state index in [1.54, 1.807) is 0 Å². The fraction of sp³-hybridized carbons (Fsp3) is 0.424. The predicted molar refractivity (Wildman–Crippen MR) is 163 cm³/mol. The van der Waals surface area contributed by atoms with Crippen LogP contribution in [0.15, 0.2) is 60.7 Å². The number of unbranched alkanes of at least 4 members (excludes halogenated alkanes) is 4. The van der Waals surface area contributed by atoms with E-state index in [1.807, 2.05) is 31.2 Å². The number of benzene rings is 3. The van der Waals surface area contributed by atoms with Gasteiger partial charge in [-0.25, -0.2) is 9.59 Å². The highest BCUT2D eigenvalue weighted by Gasteiger charge is 2.36. The van der Waals surface area contributed by atoms with E-state index >= 15 is 0 Å². The number of ether oxygens (including phenoxy) is 2. The van der Waals surface area contributed by atoms with E-state index < -0.39 is 36.7 Å². The minimum absolute atomic E-state index is 0.148. The van der Waals surface area contributed by atoms with Crippen molar-refractivity contribution in [3.8, 4) is 0 Å². The molecular formula is C33H40ClNO7. The minimum Gasteiger partial charge on any atom is -0.480 e. The van der Waals surface area contributed by atoms with E-state index in [9.17, 15) is 19.5 Å². The van der Waals surface area contributed by atoms with Gasteiger partial charge in [-0.1, -0.05) is 79.0 Å². The summed E-state index contributed by atoms with van der Waals surface area (Å²) >= 11 is 6.19. The third kappa shape index (κ3) is 11.1. The number of carboxylic acids is 2. The van der Waals surface area contributed by atoms with Crippen molar-refractivity contribution in [3.63, 3.8) is 0 Å². The molecule has 0 spiro atoms. The first kappa shape index (κ1) is 33.0. The maximum atomic E-state index is 12.9. The molecule has 9 heteroatoms. The molecule has 0 heterocycles. The summed E-state index contributed by atoms with van der Waals surface area (Å²) in [5, 5.41) is 24.5. The molecule has 0 bridgehead atoms. The maximum Gasteiger partial charge on any atom is 0.336 e. The van der Waals surface area contributed by atoms with Crippen molar-refractivity contribution in [1.82, 2.24) is 5.32 Å². The first-order valence-electron chi connectivity index (χ1n) is 14.4. The number of nitrogens with one attached hydrogen (secondary N) is 1. The number of aryl methyl sites for hydroxylation is 3. The Kier molecular flexibility index (Phi) is 13.8. The van der Waals surface area contributed by atoms with Crippen LogP contribution in [-0.4, -0.2) is 60.0 Å². The lowest BCUT2D eigenvalue weighted by atomic mass is 10.0. The average molecular weight is 598 g/mol. The fourth-order valence-corrected chi connectivity index (χ4v) is 4.90. The van der Waals surface area contributed by atoms with Crippen LogP contribution in [0.3, 0.4) is 0 Å². The molecule has 3 rings (SSSR count). The van der Waals surface area contributed by atoms with Crippen LogP contribution in [0.5, 0.6) is 0 Å². The number of carboxylic acid groups (broad SMARTS) is 2. The number of carbonyl (C=O) groups excluding carboxylic acids is 1. The van der Waals surface area contributed by atoms with Crippen LogP contribution < -0.4 is 5.32 Å². The topological polar surface area (TPSA) is 122 Å². The molecule has 0 radical (unpaired) electrons. The van der Waals surface area contributed by atoms with Gasteiger partial charge in [-0.05, 0) is 79.0 Å². The normalized spacial score (nSPS) is 12.6. The molecule has 0 aliphatic carbocycles. The number of hydrogen-bond donors (Lipinski definition) is 3. The van der Waals surface area contributed by atoms with Gasteiger partial charge >= 0.3 is 11.9 Å². The Labute approximate surface area is 252 Å². The van der Waals surface area contributed by atoms with Crippen LogP contribution >= 0.6 is 11.6 Å². The highest BCUT2D eigenvalue weighted by atomic mass is 35.5. The molecule has 0 aliphatic rings. The van der Waals surface area contributed by atoms with Crippen molar-refractivity contribution in [2.45, 2.75) is 70.5 Å². The van der Waals surface area contributed by atoms with Crippen molar-refractivity contribution >= 4 is 40.2 Å². The van der Waals surface area contributed by atoms with Crippen molar-refractivity contribution < 1.29 is 34.1 Å². The number of aliphatic carboxylic acids is 2. The maximum absolute atomic E-state index is 12.9. The van der Waals surface area contributed by atoms with Gasteiger partial charge in [-0.2, -0.15) is 0 Å². The van der Waals surface area contributed by atoms with E-state index in [-0.39, 0.29) is 6.61 Å². The van der Waals surface area contributed by atoms with Crippen molar-refractivity contribution in [3.05, 3.63) is 82.4 Å². The standard InChI is InChI=1S/C33H40ClNO7/c1-23-14-15-25(21-28(23)34)11-4-2-8-18-35-32(38)30(31(33(39)40)42-22-29(36)37)41-19-9-3-5-10-24-16-17-26-12-6-7-13-27(26)20-24/h6-7,12-17,20-21,30-31H,2-5,8-11,18-19,22H2,1H3,(H,35,38)(H,36,37)(H,39,40). The van der Waals surface area contributed by atoms with Gasteiger partial charge < -0.3 is 25.0 Å². The number of fused-ring (bicyclic) bond motifs is 1.